The number of nitriles is 1. The van der Waals surface area contributed by atoms with Crippen LogP contribution in [-0.2, 0) is 11.8 Å². The van der Waals surface area contributed by atoms with Crippen molar-refractivity contribution in [2.24, 2.45) is 12.1 Å². The number of aromatic nitrogens is 1. The van der Waals surface area contributed by atoms with E-state index in [4.69, 9.17) is 10.00 Å². The molecule has 0 aliphatic heterocycles. The van der Waals surface area contributed by atoms with Crippen LogP contribution >= 0.6 is 0 Å². The highest BCUT2D eigenvalue weighted by Crippen LogP contribution is 2.14. The lowest BCUT2D eigenvalue weighted by Gasteiger charge is -2.06. The summed E-state index contributed by atoms with van der Waals surface area (Å²) in [5, 5.41) is 15.9. The number of carbonyl (C=O) groups is 1. The van der Waals surface area contributed by atoms with Gasteiger partial charge in [-0.1, -0.05) is 0 Å². The van der Waals surface area contributed by atoms with Gasteiger partial charge in [-0.15, -0.1) is 0 Å². The van der Waals surface area contributed by atoms with Crippen LogP contribution in [0.1, 0.15) is 17.0 Å². The van der Waals surface area contributed by atoms with Crippen molar-refractivity contribution >= 4 is 17.8 Å². The molecule has 0 bridgehead atoms. The summed E-state index contributed by atoms with van der Waals surface area (Å²) in [5.74, 6) is 0.487. The lowest BCUT2D eigenvalue weighted by atomic mass is 10.3. The Kier molecular flexibility index (Phi) is 5.58. The molecule has 0 saturated carbocycles. The van der Waals surface area contributed by atoms with Gasteiger partial charge in [-0.05, 0) is 37.3 Å². The van der Waals surface area contributed by atoms with Crippen LogP contribution in [0.3, 0.4) is 0 Å². The molecule has 0 aliphatic carbocycles. The molecule has 0 fully saturated rings. The van der Waals surface area contributed by atoms with Crippen LogP contribution in [0.15, 0.2) is 35.4 Å². The van der Waals surface area contributed by atoms with E-state index in [1.165, 1.54) is 6.21 Å². The van der Waals surface area contributed by atoms with E-state index in [9.17, 15) is 4.79 Å². The van der Waals surface area contributed by atoms with Crippen molar-refractivity contribution in [2.45, 2.75) is 6.92 Å². The van der Waals surface area contributed by atoms with E-state index in [1.54, 1.807) is 17.7 Å². The van der Waals surface area contributed by atoms with Crippen molar-refractivity contribution in [3.63, 3.8) is 0 Å². The second-order valence-corrected chi connectivity index (χ2v) is 5.12. The van der Waals surface area contributed by atoms with Gasteiger partial charge in [0.2, 0.25) is 0 Å². The number of hydrogen-bond donors (Lipinski definition) is 2. The van der Waals surface area contributed by atoms with Crippen LogP contribution in [0.25, 0.3) is 0 Å². The van der Waals surface area contributed by atoms with E-state index in [2.05, 4.69) is 21.9 Å². The van der Waals surface area contributed by atoms with Crippen LogP contribution in [-0.4, -0.2) is 30.3 Å². The van der Waals surface area contributed by atoms with E-state index in [0.29, 0.717) is 5.69 Å². The Labute approximate surface area is 140 Å². The van der Waals surface area contributed by atoms with Crippen molar-refractivity contribution in [3.8, 4) is 11.8 Å². The molecule has 1 heterocycles. The monoisotopic (exact) mass is 325 g/mol. The maximum atomic E-state index is 11.8. The highest BCUT2D eigenvalue weighted by atomic mass is 16.5. The summed E-state index contributed by atoms with van der Waals surface area (Å²) in [7, 11) is 3.41. The zero-order valence-electron chi connectivity index (χ0n) is 13.8. The van der Waals surface area contributed by atoms with E-state index < -0.39 is 0 Å². The molecule has 24 heavy (non-hydrogen) atoms. The van der Waals surface area contributed by atoms with Crippen LogP contribution in [0.2, 0.25) is 0 Å². The smallest absolute Gasteiger partial charge is 0.259 e. The fraction of sp³-hybridized carbons (Fsp3) is 0.235. The predicted octanol–water partition coefficient (Wildman–Crippen LogP) is 1.78. The molecule has 0 unspecified atom stereocenters. The number of hydrogen-bond acceptors (Lipinski definition) is 5. The third-order valence-corrected chi connectivity index (χ3v) is 3.62. The number of hydrazone groups is 1. The first-order chi connectivity index (χ1) is 11.5. The Bertz CT molecular complexity index is 785. The molecule has 7 heteroatoms. The molecule has 0 saturated heterocycles. The number of anilines is 1. The summed E-state index contributed by atoms with van der Waals surface area (Å²) in [6.07, 6.45) is 1.53. The Hall–Kier alpha value is -3.27. The summed E-state index contributed by atoms with van der Waals surface area (Å²) in [4.78, 5) is 11.8. The Morgan fingerprint density at radius 3 is 2.71 bits per heavy atom. The average molecular weight is 325 g/mol. The number of benzene rings is 1. The molecule has 2 aromatic rings. The number of nitrogens with zero attached hydrogens (tertiary/aromatic N) is 3. The van der Waals surface area contributed by atoms with Gasteiger partial charge in [0.05, 0.1) is 19.9 Å². The quantitative estimate of drug-likeness (QED) is 0.625. The molecule has 0 atom stereocenters. The van der Waals surface area contributed by atoms with Gasteiger partial charge >= 0.3 is 0 Å². The molecule has 7 nitrogen and oxygen atoms in total. The van der Waals surface area contributed by atoms with E-state index in [-0.39, 0.29) is 12.5 Å². The van der Waals surface area contributed by atoms with Gasteiger partial charge in [0.25, 0.3) is 5.91 Å². The molecule has 0 radical (unpaired) electrons. The largest absolute Gasteiger partial charge is 0.497 e. The molecule has 1 aromatic carbocycles. The lowest BCUT2D eigenvalue weighted by Crippen LogP contribution is -2.25. The maximum absolute atomic E-state index is 11.8. The number of carbonyl (C=O) groups excluding carboxylic acids is 1. The number of methoxy groups -OCH3 is 1. The van der Waals surface area contributed by atoms with Gasteiger partial charge < -0.3 is 14.6 Å². The van der Waals surface area contributed by atoms with Crippen molar-refractivity contribution in [3.05, 3.63) is 47.3 Å². The minimum atomic E-state index is -0.267. The second-order valence-electron chi connectivity index (χ2n) is 5.12. The maximum Gasteiger partial charge on any atom is 0.259 e. The summed E-state index contributed by atoms with van der Waals surface area (Å²) in [5.41, 5.74) is 5.50. The molecular weight excluding hydrogens is 306 g/mol. The summed E-state index contributed by atoms with van der Waals surface area (Å²) >= 11 is 0. The van der Waals surface area contributed by atoms with Crippen molar-refractivity contribution in [2.75, 3.05) is 19.0 Å². The number of rotatable bonds is 6. The fourth-order valence-corrected chi connectivity index (χ4v) is 2.07. The molecule has 0 spiro atoms. The third-order valence-electron chi connectivity index (χ3n) is 3.62. The van der Waals surface area contributed by atoms with Crippen molar-refractivity contribution in [1.82, 2.24) is 9.99 Å². The van der Waals surface area contributed by atoms with Crippen molar-refractivity contribution < 1.29 is 9.53 Å². The van der Waals surface area contributed by atoms with Gasteiger partial charge in [-0.3, -0.25) is 4.79 Å². The van der Waals surface area contributed by atoms with Gasteiger partial charge in [-0.25, -0.2) is 5.43 Å². The molecule has 124 valence electrons. The average Bonchev–Trinajstić information content (AvgIpc) is 2.88. The van der Waals surface area contributed by atoms with Crippen LogP contribution in [0.5, 0.6) is 5.75 Å². The summed E-state index contributed by atoms with van der Waals surface area (Å²) in [6.45, 7) is 1.98. The van der Waals surface area contributed by atoms with E-state index in [0.717, 1.165) is 22.7 Å². The Morgan fingerprint density at radius 2 is 2.12 bits per heavy atom. The SMILES string of the molecule is COc1ccc(NCC(=O)N/N=C\c2cc(C#N)n(C)c2C)cc1. The normalized spacial score (nSPS) is 10.4. The fourth-order valence-electron chi connectivity index (χ4n) is 2.07. The number of amides is 1. The highest BCUT2D eigenvalue weighted by Gasteiger charge is 2.06. The van der Waals surface area contributed by atoms with Crippen LogP contribution in [0.4, 0.5) is 5.69 Å². The van der Waals surface area contributed by atoms with Gasteiger partial charge in [-0.2, -0.15) is 10.4 Å². The first kappa shape index (κ1) is 17.1. The molecule has 2 rings (SSSR count). The number of ether oxygens (including phenoxy) is 1. The Balaban J connectivity index is 1.85. The zero-order valence-corrected chi connectivity index (χ0v) is 13.8. The van der Waals surface area contributed by atoms with E-state index in [1.807, 2.05) is 38.2 Å². The van der Waals surface area contributed by atoms with E-state index >= 15 is 0 Å². The van der Waals surface area contributed by atoms with Crippen LogP contribution in [0, 0.1) is 18.3 Å². The molecular formula is C17H19N5O2. The minimum Gasteiger partial charge on any atom is -0.497 e. The zero-order chi connectivity index (χ0) is 17.5. The second kappa shape index (κ2) is 7.83. The first-order valence-electron chi connectivity index (χ1n) is 7.31. The van der Waals surface area contributed by atoms with Crippen LogP contribution < -0.4 is 15.5 Å². The molecule has 0 aliphatic rings. The Morgan fingerprint density at radius 1 is 1.42 bits per heavy atom. The molecule has 1 aromatic heterocycles. The highest BCUT2D eigenvalue weighted by molar-refractivity contribution is 5.85. The number of nitrogens with one attached hydrogen (secondary N) is 2. The van der Waals surface area contributed by atoms with Gasteiger partial charge in [0, 0.05) is 24.0 Å². The molecule has 1 amide bonds. The summed E-state index contributed by atoms with van der Waals surface area (Å²) < 4.78 is 6.84. The van der Waals surface area contributed by atoms with Gasteiger partial charge in [0.15, 0.2) is 0 Å². The lowest BCUT2D eigenvalue weighted by molar-refractivity contribution is -0.119. The molecule has 2 N–H and O–H groups in total. The third kappa shape index (κ3) is 4.14. The van der Waals surface area contributed by atoms with Gasteiger partial charge in [0.1, 0.15) is 17.5 Å². The minimum absolute atomic E-state index is 0.0981. The standard InChI is InChI=1S/C17H19N5O2/c1-12-13(8-15(9-18)22(12)2)10-20-21-17(23)11-19-14-4-6-16(24-3)7-5-14/h4-8,10,19H,11H2,1-3H3,(H,21,23)/b20-10-. The first-order valence-corrected chi connectivity index (χ1v) is 7.31. The summed E-state index contributed by atoms with van der Waals surface area (Å²) in [6, 6.07) is 11.1. The predicted molar refractivity (Wildman–Crippen MR) is 92.1 cm³/mol. The van der Waals surface area contributed by atoms with Crippen molar-refractivity contribution in [1.29, 1.82) is 5.26 Å². The topological polar surface area (TPSA) is 91.4 Å².